The molecule has 0 saturated carbocycles. The second kappa shape index (κ2) is 6.59. The first-order valence-corrected chi connectivity index (χ1v) is 6.61. The summed E-state index contributed by atoms with van der Waals surface area (Å²) in [5.41, 5.74) is -0.588. The first kappa shape index (κ1) is 17.0. The minimum Gasteiger partial charge on any atom is -0.313 e. The van der Waals surface area contributed by atoms with E-state index < -0.39 is 17.7 Å². The lowest BCUT2D eigenvalue weighted by molar-refractivity contribution is -0.137. The Kier molecular flexibility index (Phi) is 5.59. The first-order chi connectivity index (χ1) is 9.12. The first-order valence-electron chi connectivity index (χ1n) is 6.23. The number of benzene rings is 1. The molecule has 0 radical (unpaired) electrons. The largest absolute Gasteiger partial charge is 0.417 e. The fourth-order valence-corrected chi connectivity index (χ4v) is 2.05. The van der Waals surface area contributed by atoms with E-state index >= 15 is 0 Å². The summed E-state index contributed by atoms with van der Waals surface area (Å²) in [4.78, 5) is 11.6. The third-order valence-electron chi connectivity index (χ3n) is 2.92. The molecule has 0 saturated heterocycles. The van der Waals surface area contributed by atoms with E-state index in [1.54, 1.807) is 0 Å². The number of alkyl halides is 3. The number of carbonyl (C=O) groups excluding carboxylic acids is 1. The average Bonchev–Trinajstić information content (AvgIpc) is 2.28. The van der Waals surface area contributed by atoms with Crippen LogP contribution in [0.15, 0.2) is 18.2 Å². The lowest BCUT2D eigenvalue weighted by atomic mass is 9.93. The van der Waals surface area contributed by atoms with E-state index in [-0.39, 0.29) is 16.8 Å². The van der Waals surface area contributed by atoms with Gasteiger partial charge in [-0.05, 0) is 24.6 Å². The number of hydrogen-bond acceptors (Lipinski definition) is 2. The molecule has 0 aliphatic carbocycles. The maximum atomic E-state index is 12.8. The van der Waals surface area contributed by atoms with Gasteiger partial charge in [-0.15, -0.1) is 0 Å². The molecule has 0 unspecified atom stereocenters. The number of hydrogen-bond donors (Lipinski definition) is 1. The SMILES string of the molecule is CC(=O)[C@H](CNC(C)C)c1ccc(Cl)c(C(F)(F)F)c1. The molecule has 0 spiro atoms. The van der Waals surface area contributed by atoms with Gasteiger partial charge in [-0.2, -0.15) is 13.2 Å². The van der Waals surface area contributed by atoms with E-state index in [9.17, 15) is 18.0 Å². The smallest absolute Gasteiger partial charge is 0.313 e. The highest BCUT2D eigenvalue weighted by Gasteiger charge is 2.34. The van der Waals surface area contributed by atoms with Crippen molar-refractivity contribution in [2.75, 3.05) is 6.54 Å². The summed E-state index contributed by atoms with van der Waals surface area (Å²) in [6.45, 7) is 5.47. The summed E-state index contributed by atoms with van der Waals surface area (Å²) < 4.78 is 38.5. The molecule has 1 atom stereocenters. The molecule has 0 aliphatic rings. The van der Waals surface area contributed by atoms with Crippen LogP contribution in [0.4, 0.5) is 13.2 Å². The van der Waals surface area contributed by atoms with Crippen molar-refractivity contribution in [1.82, 2.24) is 5.32 Å². The number of ketones is 1. The third kappa shape index (κ3) is 4.49. The Morgan fingerprint density at radius 1 is 1.35 bits per heavy atom. The number of Topliss-reactive ketones (excluding diaryl/α,β-unsaturated/α-hetero) is 1. The molecule has 20 heavy (non-hydrogen) atoms. The topological polar surface area (TPSA) is 29.1 Å². The Balaban J connectivity index is 3.12. The number of halogens is 4. The molecule has 0 bridgehead atoms. The Bertz CT molecular complexity index is 486. The normalized spacial score (nSPS) is 13.6. The van der Waals surface area contributed by atoms with Gasteiger partial charge in [0.15, 0.2) is 0 Å². The Morgan fingerprint density at radius 3 is 2.40 bits per heavy atom. The van der Waals surface area contributed by atoms with Crippen molar-refractivity contribution >= 4 is 17.4 Å². The highest BCUT2D eigenvalue weighted by Crippen LogP contribution is 2.36. The van der Waals surface area contributed by atoms with E-state index in [0.717, 1.165) is 6.07 Å². The minimum absolute atomic E-state index is 0.145. The van der Waals surface area contributed by atoms with Gasteiger partial charge in [-0.25, -0.2) is 0 Å². The van der Waals surface area contributed by atoms with Gasteiger partial charge in [0.25, 0.3) is 0 Å². The molecule has 1 aromatic rings. The molecule has 0 aromatic heterocycles. The van der Waals surface area contributed by atoms with Crippen molar-refractivity contribution in [3.63, 3.8) is 0 Å². The highest BCUT2D eigenvalue weighted by molar-refractivity contribution is 6.31. The summed E-state index contributed by atoms with van der Waals surface area (Å²) in [5.74, 6) is -0.802. The van der Waals surface area contributed by atoms with Crippen LogP contribution in [0, 0.1) is 0 Å². The molecular formula is C14H17ClF3NO. The standard InChI is InChI=1S/C14H17ClF3NO/c1-8(2)19-7-11(9(3)20)10-4-5-13(15)12(6-10)14(16,17)18/h4-6,8,11,19H,7H2,1-3H3/t11-/m0/s1. The average molecular weight is 308 g/mol. The molecule has 0 fully saturated rings. The van der Waals surface area contributed by atoms with Gasteiger partial charge < -0.3 is 5.32 Å². The molecule has 0 heterocycles. The van der Waals surface area contributed by atoms with Gasteiger partial charge in [-0.3, -0.25) is 4.79 Å². The zero-order chi connectivity index (χ0) is 15.5. The monoisotopic (exact) mass is 307 g/mol. The van der Waals surface area contributed by atoms with E-state index in [0.29, 0.717) is 12.1 Å². The maximum absolute atomic E-state index is 12.8. The number of carbonyl (C=O) groups is 1. The van der Waals surface area contributed by atoms with Crippen LogP contribution < -0.4 is 5.32 Å². The summed E-state index contributed by atoms with van der Waals surface area (Å²) in [5, 5.41) is 2.70. The van der Waals surface area contributed by atoms with Crippen molar-refractivity contribution in [1.29, 1.82) is 0 Å². The van der Waals surface area contributed by atoms with Crippen LogP contribution in [0.1, 0.15) is 37.8 Å². The zero-order valence-corrected chi connectivity index (χ0v) is 12.3. The van der Waals surface area contributed by atoms with Gasteiger partial charge >= 0.3 is 6.18 Å². The van der Waals surface area contributed by atoms with Gasteiger partial charge in [0, 0.05) is 12.6 Å². The van der Waals surface area contributed by atoms with Crippen LogP contribution in [-0.4, -0.2) is 18.4 Å². The summed E-state index contributed by atoms with van der Waals surface area (Å²) >= 11 is 5.57. The quantitative estimate of drug-likeness (QED) is 0.890. The van der Waals surface area contributed by atoms with Crippen LogP contribution in [0.3, 0.4) is 0 Å². The Hall–Kier alpha value is -1.07. The van der Waals surface area contributed by atoms with Crippen molar-refractivity contribution in [3.8, 4) is 0 Å². The molecule has 1 N–H and O–H groups in total. The fraction of sp³-hybridized carbons (Fsp3) is 0.500. The summed E-state index contributed by atoms with van der Waals surface area (Å²) in [6.07, 6.45) is -4.53. The second-order valence-corrected chi connectivity index (χ2v) is 5.37. The van der Waals surface area contributed by atoms with Gasteiger partial charge in [0.05, 0.1) is 16.5 Å². The maximum Gasteiger partial charge on any atom is 0.417 e. The molecular weight excluding hydrogens is 291 g/mol. The lowest BCUT2D eigenvalue weighted by Crippen LogP contribution is -2.31. The van der Waals surface area contributed by atoms with Crippen molar-refractivity contribution < 1.29 is 18.0 Å². The molecule has 112 valence electrons. The molecule has 0 aliphatic heterocycles. The van der Waals surface area contributed by atoms with Crippen LogP contribution >= 0.6 is 11.6 Å². The highest BCUT2D eigenvalue weighted by atomic mass is 35.5. The third-order valence-corrected chi connectivity index (χ3v) is 3.25. The molecule has 2 nitrogen and oxygen atoms in total. The van der Waals surface area contributed by atoms with E-state index in [1.807, 2.05) is 13.8 Å². The predicted octanol–water partition coefficient (Wildman–Crippen LogP) is 4.03. The molecule has 1 rings (SSSR count). The predicted molar refractivity (Wildman–Crippen MR) is 73.0 cm³/mol. The summed E-state index contributed by atoms with van der Waals surface area (Å²) in [6, 6.07) is 3.75. The van der Waals surface area contributed by atoms with E-state index in [1.165, 1.54) is 19.1 Å². The Morgan fingerprint density at radius 2 is 1.95 bits per heavy atom. The van der Waals surface area contributed by atoms with E-state index in [2.05, 4.69) is 5.32 Å². The minimum atomic E-state index is -4.53. The number of rotatable bonds is 5. The number of nitrogens with one attached hydrogen (secondary N) is 1. The molecule has 1 aromatic carbocycles. The van der Waals surface area contributed by atoms with Crippen LogP contribution in [0.25, 0.3) is 0 Å². The molecule has 0 amide bonds. The van der Waals surface area contributed by atoms with E-state index in [4.69, 9.17) is 11.6 Å². The fourth-order valence-electron chi connectivity index (χ4n) is 1.83. The molecule has 6 heteroatoms. The van der Waals surface area contributed by atoms with Crippen molar-refractivity contribution in [2.24, 2.45) is 0 Å². The Labute approximate surface area is 121 Å². The van der Waals surface area contributed by atoms with Crippen molar-refractivity contribution in [2.45, 2.75) is 38.9 Å². The van der Waals surface area contributed by atoms with Crippen LogP contribution in [0.2, 0.25) is 5.02 Å². The lowest BCUT2D eigenvalue weighted by Gasteiger charge is -2.19. The van der Waals surface area contributed by atoms with Gasteiger partial charge in [0.2, 0.25) is 0 Å². The van der Waals surface area contributed by atoms with Crippen LogP contribution in [-0.2, 0) is 11.0 Å². The summed E-state index contributed by atoms with van der Waals surface area (Å²) in [7, 11) is 0. The van der Waals surface area contributed by atoms with Gasteiger partial charge in [-0.1, -0.05) is 31.5 Å². The zero-order valence-electron chi connectivity index (χ0n) is 11.5. The second-order valence-electron chi connectivity index (χ2n) is 4.96. The van der Waals surface area contributed by atoms with Crippen LogP contribution in [0.5, 0.6) is 0 Å². The van der Waals surface area contributed by atoms with Gasteiger partial charge in [0.1, 0.15) is 5.78 Å². The van der Waals surface area contributed by atoms with Crippen molar-refractivity contribution in [3.05, 3.63) is 34.3 Å².